The molecule has 3 rings (SSSR count). The summed E-state index contributed by atoms with van der Waals surface area (Å²) in [6.45, 7) is 8.21. The first kappa shape index (κ1) is 21.1. The Morgan fingerprint density at radius 2 is 1.90 bits per heavy atom. The number of carbonyl (C=O) groups is 1. The number of allylic oxidation sites excluding steroid dienone is 2. The van der Waals surface area contributed by atoms with E-state index in [0.717, 1.165) is 29.5 Å². The SMILES string of the molecule is C=CC(=O)OCc1cc(C2C=CC(CC)CC2)ccc1-c1ccc(CCC)cc1. The molecular formula is C27H32O2. The number of esters is 1. The van der Waals surface area contributed by atoms with Crippen LogP contribution in [-0.2, 0) is 22.6 Å². The first-order valence-electron chi connectivity index (χ1n) is 10.8. The molecule has 2 nitrogen and oxygen atoms in total. The zero-order valence-electron chi connectivity index (χ0n) is 17.7. The van der Waals surface area contributed by atoms with Crippen molar-refractivity contribution in [2.75, 3.05) is 0 Å². The zero-order valence-corrected chi connectivity index (χ0v) is 17.7. The molecule has 0 aromatic heterocycles. The van der Waals surface area contributed by atoms with Gasteiger partial charge in [0, 0.05) is 12.0 Å². The molecule has 0 radical (unpaired) electrons. The Morgan fingerprint density at radius 1 is 1.10 bits per heavy atom. The molecule has 2 aromatic carbocycles. The van der Waals surface area contributed by atoms with E-state index in [1.54, 1.807) is 0 Å². The average Bonchev–Trinajstić information content (AvgIpc) is 2.78. The molecule has 29 heavy (non-hydrogen) atoms. The quantitative estimate of drug-likeness (QED) is 0.276. The third-order valence-electron chi connectivity index (χ3n) is 5.89. The summed E-state index contributed by atoms with van der Waals surface area (Å²) in [5.41, 5.74) is 5.98. The maximum absolute atomic E-state index is 11.7. The molecule has 0 spiro atoms. The summed E-state index contributed by atoms with van der Waals surface area (Å²) < 4.78 is 5.40. The Balaban J connectivity index is 1.90. The van der Waals surface area contributed by atoms with Crippen molar-refractivity contribution in [3.8, 4) is 11.1 Å². The summed E-state index contributed by atoms with van der Waals surface area (Å²) in [5.74, 6) is 0.760. The van der Waals surface area contributed by atoms with E-state index in [0.29, 0.717) is 11.8 Å². The van der Waals surface area contributed by atoms with Crippen LogP contribution in [0.3, 0.4) is 0 Å². The minimum absolute atomic E-state index is 0.263. The van der Waals surface area contributed by atoms with Gasteiger partial charge in [0.05, 0.1) is 0 Å². The maximum Gasteiger partial charge on any atom is 0.330 e. The minimum atomic E-state index is -0.386. The van der Waals surface area contributed by atoms with Gasteiger partial charge in [0.2, 0.25) is 0 Å². The van der Waals surface area contributed by atoms with Crippen LogP contribution < -0.4 is 0 Å². The number of ether oxygens (including phenoxy) is 1. The molecule has 0 N–H and O–H groups in total. The van der Waals surface area contributed by atoms with Crippen LogP contribution in [0.2, 0.25) is 0 Å². The first-order chi connectivity index (χ1) is 14.1. The largest absolute Gasteiger partial charge is 0.458 e. The second kappa shape index (κ2) is 10.2. The summed E-state index contributed by atoms with van der Waals surface area (Å²) >= 11 is 0. The summed E-state index contributed by atoms with van der Waals surface area (Å²) in [7, 11) is 0. The van der Waals surface area contributed by atoms with Gasteiger partial charge in [0.15, 0.2) is 0 Å². The average molecular weight is 389 g/mol. The van der Waals surface area contributed by atoms with Gasteiger partial charge in [-0.3, -0.25) is 0 Å². The first-order valence-corrected chi connectivity index (χ1v) is 10.8. The summed E-state index contributed by atoms with van der Waals surface area (Å²) in [4.78, 5) is 11.7. The van der Waals surface area contributed by atoms with E-state index in [4.69, 9.17) is 4.74 Å². The molecule has 2 atom stereocenters. The summed E-state index contributed by atoms with van der Waals surface area (Å²) in [6, 6.07) is 15.4. The van der Waals surface area contributed by atoms with Gasteiger partial charge in [0.1, 0.15) is 6.61 Å². The summed E-state index contributed by atoms with van der Waals surface area (Å²) in [5, 5.41) is 0. The Hall–Kier alpha value is -2.61. The molecule has 0 aliphatic heterocycles. The highest BCUT2D eigenvalue weighted by atomic mass is 16.5. The van der Waals surface area contributed by atoms with Gasteiger partial charge in [-0.25, -0.2) is 4.79 Å². The van der Waals surface area contributed by atoms with E-state index in [9.17, 15) is 4.79 Å². The molecule has 1 aliphatic rings. The Kier molecular flexibility index (Phi) is 7.46. The van der Waals surface area contributed by atoms with E-state index >= 15 is 0 Å². The van der Waals surface area contributed by atoms with Crippen molar-refractivity contribution in [3.63, 3.8) is 0 Å². The van der Waals surface area contributed by atoms with Gasteiger partial charge in [-0.2, -0.15) is 0 Å². The lowest BCUT2D eigenvalue weighted by Gasteiger charge is -2.23. The van der Waals surface area contributed by atoms with Crippen molar-refractivity contribution in [1.29, 1.82) is 0 Å². The van der Waals surface area contributed by atoms with Gasteiger partial charge in [-0.15, -0.1) is 0 Å². The van der Waals surface area contributed by atoms with Crippen molar-refractivity contribution in [2.24, 2.45) is 5.92 Å². The van der Waals surface area contributed by atoms with Crippen molar-refractivity contribution in [1.82, 2.24) is 0 Å². The number of benzene rings is 2. The van der Waals surface area contributed by atoms with Gasteiger partial charge >= 0.3 is 5.97 Å². The molecule has 1 aliphatic carbocycles. The molecule has 0 saturated heterocycles. The Morgan fingerprint density at radius 3 is 2.52 bits per heavy atom. The number of hydrogen-bond acceptors (Lipinski definition) is 2. The number of hydrogen-bond donors (Lipinski definition) is 0. The van der Waals surface area contributed by atoms with Crippen LogP contribution in [0, 0.1) is 5.92 Å². The molecule has 0 fully saturated rings. The lowest BCUT2D eigenvalue weighted by molar-refractivity contribution is -0.138. The van der Waals surface area contributed by atoms with E-state index in [1.165, 1.54) is 36.5 Å². The number of rotatable bonds is 8. The van der Waals surface area contributed by atoms with E-state index in [-0.39, 0.29) is 12.6 Å². The van der Waals surface area contributed by atoms with Crippen LogP contribution in [0.5, 0.6) is 0 Å². The van der Waals surface area contributed by atoms with Gasteiger partial charge in [-0.05, 0) is 59.4 Å². The standard InChI is InChI=1S/C27H32O2/c1-4-7-21-10-14-23(15-11-21)26-17-16-24(18-25(26)19-29-27(28)6-3)22-12-8-20(5-2)9-13-22/h6,8,10-12,14-18,20,22H,3-5,7,9,13,19H2,1-2H3. The topological polar surface area (TPSA) is 26.3 Å². The van der Waals surface area contributed by atoms with Crippen LogP contribution in [-0.4, -0.2) is 5.97 Å². The number of aryl methyl sites for hydroxylation is 1. The van der Waals surface area contributed by atoms with E-state index in [2.05, 4.69) is 75.0 Å². The summed E-state index contributed by atoms with van der Waals surface area (Å²) in [6.07, 6.45) is 11.8. The molecule has 0 saturated carbocycles. The maximum atomic E-state index is 11.7. The van der Waals surface area contributed by atoms with Crippen LogP contribution >= 0.6 is 0 Å². The van der Waals surface area contributed by atoms with Crippen LogP contribution in [0.4, 0.5) is 0 Å². The normalized spacial score (nSPS) is 18.4. The van der Waals surface area contributed by atoms with Gasteiger partial charge in [-0.1, -0.05) is 81.5 Å². The molecule has 2 aromatic rings. The van der Waals surface area contributed by atoms with Crippen molar-refractivity contribution in [3.05, 3.63) is 84.0 Å². The van der Waals surface area contributed by atoms with E-state index < -0.39 is 0 Å². The van der Waals surface area contributed by atoms with Crippen molar-refractivity contribution < 1.29 is 9.53 Å². The molecule has 2 unspecified atom stereocenters. The molecule has 2 heteroatoms. The Bertz CT molecular complexity index is 861. The fraction of sp³-hybridized carbons (Fsp3) is 0.370. The fourth-order valence-electron chi connectivity index (χ4n) is 4.09. The fourth-order valence-corrected chi connectivity index (χ4v) is 4.09. The van der Waals surface area contributed by atoms with Crippen LogP contribution in [0.15, 0.2) is 67.3 Å². The molecule has 152 valence electrons. The minimum Gasteiger partial charge on any atom is -0.458 e. The molecule has 0 bridgehead atoms. The van der Waals surface area contributed by atoms with Crippen molar-refractivity contribution in [2.45, 2.75) is 58.5 Å². The third kappa shape index (κ3) is 5.47. The van der Waals surface area contributed by atoms with Crippen LogP contribution in [0.25, 0.3) is 11.1 Å². The molecule has 0 amide bonds. The third-order valence-corrected chi connectivity index (χ3v) is 5.89. The lowest BCUT2D eigenvalue weighted by atomic mass is 9.82. The lowest BCUT2D eigenvalue weighted by Crippen LogP contribution is -2.08. The van der Waals surface area contributed by atoms with Crippen molar-refractivity contribution >= 4 is 5.97 Å². The molecular weight excluding hydrogens is 356 g/mol. The highest BCUT2D eigenvalue weighted by molar-refractivity contribution is 5.81. The van der Waals surface area contributed by atoms with Gasteiger partial charge < -0.3 is 4.74 Å². The predicted molar refractivity (Wildman–Crippen MR) is 121 cm³/mol. The highest BCUT2D eigenvalue weighted by Gasteiger charge is 2.18. The smallest absolute Gasteiger partial charge is 0.330 e. The van der Waals surface area contributed by atoms with Gasteiger partial charge in [0.25, 0.3) is 0 Å². The predicted octanol–water partition coefficient (Wildman–Crippen LogP) is 7.00. The second-order valence-corrected chi connectivity index (χ2v) is 7.91. The Labute approximate surface area is 175 Å². The van der Waals surface area contributed by atoms with E-state index in [1.807, 2.05) is 0 Å². The van der Waals surface area contributed by atoms with Crippen LogP contribution in [0.1, 0.15) is 62.1 Å². The molecule has 0 heterocycles. The zero-order chi connectivity index (χ0) is 20.6. The monoisotopic (exact) mass is 388 g/mol. The number of carbonyl (C=O) groups excluding carboxylic acids is 1. The second-order valence-electron chi connectivity index (χ2n) is 7.91. The highest BCUT2D eigenvalue weighted by Crippen LogP contribution is 2.34.